The summed E-state index contributed by atoms with van der Waals surface area (Å²) in [7, 11) is 1.63. The Hall–Kier alpha value is -2.67. The molecule has 2 aromatic heterocycles. The van der Waals surface area contributed by atoms with E-state index in [1.54, 1.807) is 14.0 Å². The molecule has 0 aliphatic rings. The van der Waals surface area contributed by atoms with Crippen molar-refractivity contribution in [2.24, 2.45) is 0 Å². The molecule has 7 heteroatoms. The standard InChI is InChI=1S/C17H17N3O3S/c1-4-23-17(21)14-10(2)13-15(18-9-19-16(13)24-14)20-11-5-7-12(22-3)8-6-11/h5-9H,4H2,1-3H3,(H,18,19,20). The zero-order valence-electron chi connectivity index (χ0n) is 13.6. The second-order valence-electron chi connectivity index (χ2n) is 5.03. The molecule has 24 heavy (non-hydrogen) atoms. The molecule has 0 saturated carbocycles. The molecule has 0 atom stereocenters. The zero-order chi connectivity index (χ0) is 17.1. The molecule has 0 aliphatic carbocycles. The highest BCUT2D eigenvalue weighted by Crippen LogP contribution is 2.34. The van der Waals surface area contributed by atoms with Gasteiger partial charge < -0.3 is 14.8 Å². The molecule has 1 aromatic carbocycles. The summed E-state index contributed by atoms with van der Waals surface area (Å²) < 4.78 is 10.3. The lowest BCUT2D eigenvalue weighted by molar-refractivity contribution is 0.0531. The van der Waals surface area contributed by atoms with Crippen LogP contribution < -0.4 is 10.1 Å². The Morgan fingerprint density at radius 3 is 2.67 bits per heavy atom. The maximum absolute atomic E-state index is 12.1. The summed E-state index contributed by atoms with van der Waals surface area (Å²) in [5, 5.41) is 4.11. The smallest absolute Gasteiger partial charge is 0.348 e. The van der Waals surface area contributed by atoms with Gasteiger partial charge in [-0.3, -0.25) is 0 Å². The van der Waals surface area contributed by atoms with Crippen LogP contribution in [0.2, 0.25) is 0 Å². The number of anilines is 2. The molecule has 0 aliphatic heterocycles. The van der Waals surface area contributed by atoms with Gasteiger partial charge in [0.2, 0.25) is 0 Å². The number of benzene rings is 1. The quantitative estimate of drug-likeness (QED) is 0.708. The highest BCUT2D eigenvalue weighted by molar-refractivity contribution is 7.20. The van der Waals surface area contributed by atoms with Crippen LogP contribution in [0.4, 0.5) is 11.5 Å². The highest BCUT2D eigenvalue weighted by atomic mass is 32.1. The van der Waals surface area contributed by atoms with E-state index in [0.29, 0.717) is 17.3 Å². The van der Waals surface area contributed by atoms with Gasteiger partial charge in [-0.05, 0) is 43.7 Å². The number of nitrogens with zero attached hydrogens (tertiary/aromatic N) is 2. The average molecular weight is 343 g/mol. The molecule has 0 bridgehead atoms. The summed E-state index contributed by atoms with van der Waals surface area (Å²) >= 11 is 1.32. The number of nitrogens with one attached hydrogen (secondary N) is 1. The van der Waals surface area contributed by atoms with Crippen LogP contribution in [0.25, 0.3) is 10.2 Å². The summed E-state index contributed by atoms with van der Waals surface area (Å²) in [6.45, 7) is 4.01. The van der Waals surface area contributed by atoms with Gasteiger partial charge in [0.15, 0.2) is 0 Å². The van der Waals surface area contributed by atoms with Gasteiger partial charge in [-0.15, -0.1) is 11.3 Å². The normalized spacial score (nSPS) is 10.6. The number of hydrogen-bond acceptors (Lipinski definition) is 7. The van der Waals surface area contributed by atoms with E-state index < -0.39 is 0 Å². The Morgan fingerprint density at radius 1 is 1.25 bits per heavy atom. The van der Waals surface area contributed by atoms with Crippen molar-refractivity contribution in [2.75, 3.05) is 19.0 Å². The Kier molecular flexibility index (Phi) is 4.61. The first kappa shape index (κ1) is 16.2. The summed E-state index contributed by atoms with van der Waals surface area (Å²) in [5.41, 5.74) is 1.70. The number of aromatic nitrogens is 2. The first-order chi connectivity index (χ1) is 11.6. The Morgan fingerprint density at radius 2 is 2.00 bits per heavy atom. The van der Waals surface area contributed by atoms with Crippen molar-refractivity contribution in [1.29, 1.82) is 0 Å². The van der Waals surface area contributed by atoms with Crippen molar-refractivity contribution >= 4 is 39.0 Å². The van der Waals surface area contributed by atoms with Crippen molar-refractivity contribution in [3.63, 3.8) is 0 Å². The predicted molar refractivity (Wildman–Crippen MR) is 94.4 cm³/mol. The third-order valence-corrected chi connectivity index (χ3v) is 4.72. The van der Waals surface area contributed by atoms with E-state index >= 15 is 0 Å². The van der Waals surface area contributed by atoms with Crippen molar-refractivity contribution in [2.45, 2.75) is 13.8 Å². The number of methoxy groups -OCH3 is 1. The third-order valence-electron chi connectivity index (χ3n) is 3.54. The van der Waals surface area contributed by atoms with Crippen molar-refractivity contribution in [1.82, 2.24) is 9.97 Å². The molecule has 3 aromatic rings. The number of carbonyl (C=O) groups is 1. The maximum Gasteiger partial charge on any atom is 0.348 e. The number of thiophene rings is 1. The lowest BCUT2D eigenvalue weighted by Crippen LogP contribution is -2.03. The zero-order valence-corrected chi connectivity index (χ0v) is 14.4. The third kappa shape index (κ3) is 3.03. The summed E-state index contributed by atoms with van der Waals surface area (Å²) in [6, 6.07) is 7.54. The van der Waals surface area contributed by atoms with Crippen LogP contribution in [-0.4, -0.2) is 29.7 Å². The Balaban J connectivity index is 2.00. The molecular formula is C17H17N3O3S. The van der Waals surface area contributed by atoms with E-state index in [2.05, 4.69) is 15.3 Å². The van der Waals surface area contributed by atoms with Crippen molar-refractivity contribution in [3.05, 3.63) is 41.0 Å². The van der Waals surface area contributed by atoms with Crippen molar-refractivity contribution in [3.8, 4) is 5.75 Å². The molecular weight excluding hydrogens is 326 g/mol. The number of hydrogen-bond donors (Lipinski definition) is 1. The summed E-state index contributed by atoms with van der Waals surface area (Å²) in [6.07, 6.45) is 1.49. The molecule has 6 nitrogen and oxygen atoms in total. The molecule has 3 rings (SSSR count). The number of rotatable bonds is 5. The van der Waals surface area contributed by atoms with Gasteiger partial charge >= 0.3 is 5.97 Å². The second-order valence-corrected chi connectivity index (χ2v) is 6.03. The van der Waals surface area contributed by atoms with Gasteiger partial charge in [0.05, 0.1) is 19.1 Å². The first-order valence-corrected chi connectivity index (χ1v) is 8.28. The predicted octanol–water partition coefficient (Wildman–Crippen LogP) is 3.93. The van der Waals surface area contributed by atoms with Gasteiger partial charge in [-0.25, -0.2) is 14.8 Å². The lowest BCUT2D eigenvalue weighted by Gasteiger charge is -2.08. The molecule has 124 valence electrons. The number of carbonyl (C=O) groups excluding carboxylic acids is 1. The molecule has 0 spiro atoms. The van der Waals surface area contributed by atoms with Crippen LogP contribution in [0.3, 0.4) is 0 Å². The number of ether oxygens (including phenoxy) is 2. The van der Waals surface area contributed by atoms with E-state index in [1.165, 1.54) is 17.7 Å². The Bertz CT molecular complexity index is 875. The molecule has 0 amide bonds. The topological polar surface area (TPSA) is 73.3 Å². The van der Waals surface area contributed by atoms with Crippen molar-refractivity contribution < 1.29 is 14.3 Å². The van der Waals surface area contributed by atoms with Crippen LogP contribution in [-0.2, 0) is 4.74 Å². The minimum absolute atomic E-state index is 0.326. The first-order valence-electron chi connectivity index (χ1n) is 7.46. The Labute approximate surface area is 143 Å². The molecule has 1 N–H and O–H groups in total. The van der Waals surface area contributed by atoms with Gasteiger partial charge in [0, 0.05) is 5.69 Å². The fourth-order valence-electron chi connectivity index (χ4n) is 2.37. The SMILES string of the molecule is CCOC(=O)c1sc2ncnc(Nc3ccc(OC)cc3)c2c1C. The molecule has 0 radical (unpaired) electrons. The largest absolute Gasteiger partial charge is 0.497 e. The van der Waals surface area contributed by atoms with E-state index in [1.807, 2.05) is 31.2 Å². The van der Waals surface area contributed by atoms with E-state index in [4.69, 9.17) is 9.47 Å². The van der Waals surface area contributed by atoms with Crippen LogP contribution in [0.5, 0.6) is 5.75 Å². The maximum atomic E-state index is 12.1. The lowest BCUT2D eigenvalue weighted by atomic mass is 10.2. The molecule has 0 fully saturated rings. The molecule has 0 saturated heterocycles. The summed E-state index contributed by atoms with van der Waals surface area (Å²) in [4.78, 5) is 22.0. The molecule has 0 unspecified atom stereocenters. The number of fused-ring (bicyclic) bond motifs is 1. The second kappa shape index (κ2) is 6.84. The average Bonchev–Trinajstić information content (AvgIpc) is 2.94. The summed E-state index contributed by atoms with van der Waals surface area (Å²) in [5.74, 6) is 1.12. The van der Waals surface area contributed by atoms with Gasteiger partial charge in [0.1, 0.15) is 27.6 Å². The van der Waals surface area contributed by atoms with Crippen LogP contribution in [0.15, 0.2) is 30.6 Å². The highest BCUT2D eigenvalue weighted by Gasteiger charge is 2.20. The van der Waals surface area contributed by atoms with Gasteiger partial charge in [-0.2, -0.15) is 0 Å². The van der Waals surface area contributed by atoms with Crippen LogP contribution in [0.1, 0.15) is 22.2 Å². The monoisotopic (exact) mass is 343 g/mol. The fraction of sp³-hybridized carbons (Fsp3) is 0.235. The number of esters is 1. The van der Waals surface area contributed by atoms with Gasteiger partial charge in [-0.1, -0.05) is 0 Å². The van der Waals surface area contributed by atoms with E-state index in [-0.39, 0.29) is 5.97 Å². The van der Waals surface area contributed by atoms with E-state index in [9.17, 15) is 4.79 Å². The minimum atomic E-state index is -0.326. The molecule has 2 heterocycles. The fourth-order valence-corrected chi connectivity index (χ4v) is 3.41. The van der Waals surface area contributed by atoms with Crippen LogP contribution >= 0.6 is 11.3 Å². The van der Waals surface area contributed by atoms with Crippen LogP contribution in [0, 0.1) is 6.92 Å². The minimum Gasteiger partial charge on any atom is -0.497 e. The van der Waals surface area contributed by atoms with Gasteiger partial charge in [0.25, 0.3) is 0 Å². The van der Waals surface area contributed by atoms with E-state index in [0.717, 1.165) is 27.2 Å². The number of aryl methyl sites for hydroxylation is 1.